The molecule has 0 aliphatic heterocycles. The first-order valence-corrected chi connectivity index (χ1v) is 4.14. The molecule has 0 saturated carbocycles. The lowest BCUT2D eigenvalue weighted by Gasteiger charge is -1.88. The quantitative estimate of drug-likeness (QED) is 0.495. The number of benzene rings is 1. The molecule has 1 aromatic rings. The van der Waals surface area contributed by atoms with E-state index >= 15 is 0 Å². The minimum absolute atomic E-state index is 0.487. The van der Waals surface area contributed by atoms with Crippen LogP contribution in [-0.4, -0.2) is 4.55 Å². The molecule has 1 unspecified atom stereocenters. The van der Waals surface area contributed by atoms with Gasteiger partial charge in [-0.1, -0.05) is 21.9 Å². The maximum atomic E-state index is 10.5. The normalized spacial score (nSPS) is 13.0. The summed E-state index contributed by atoms with van der Waals surface area (Å²) >= 11 is -2.16. The molecule has 0 heterocycles. The van der Waals surface area contributed by atoms with Crippen LogP contribution >= 0.6 is 0 Å². The zero-order chi connectivity index (χ0) is 7.56. The Morgan fingerprint density at radius 1 is 1.30 bits per heavy atom. The molecule has 1 atom stereocenters. The molecule has 1 rings (SSSR count). The van der Waals surface area contributed by atoms with Crippen molar-refractivity contribution in [1.29, 1.82) is 0 Å². The van der Waals surface area contributed by atoms with Crippen molar-refractivity contribution in [2.24, 2.45) is 0 Å². The van der Waals surface area contributed by atoms with E-state index in [1.165, 1.54) is 0 Å². The van der Waals surface area contributed by atoms with Gasteiger partial charge in [0, 0.05) is 0 Å². The summed E-state index contributed by atoms with van der Waals surface area (Å²) in [5.74, 6) is 0. The van der Waals surface area contributed by atoms with Gasteiger partial charge in [-0.3, -0.25) is 0 Å². The van der Waals surface area contributed by atoms with Crippen LogP contribution in [0.5, 0.6) is 0 Å². The molecule has 0 aliphatic rings. The van der Waals surface area contributed by atoms with Gasteiger partial charge in [0.15, 0.2) is 4.90 Å². The second kappa shape index (κ2) is 2.94. The molecular formula is C7H9O2S+. The summed E-state index contributed by atoms with van der Waals surface area (Å²) in [6, 6.07) is 6.96. The van der Waals surface area contributed by atoms with Gasteiger partial charge in [0.25, 0.3) is 0 Å². The second-order valence-electron chi connectivity index (χ2n) is 2.11. The standard InChI is InChI=1S/C7H8O2S/c1-6-2-4-7(5-3-6)10(8)9/h2-5H,1H3,(H,8,9)/p+1. The highest BCUT2D eigenvalue weighted by Crippen LogP contribution is 2.05. The lowest BCUT2D eigenvalue weighted by Crippen LogP contribution is -1.85. The van der Waals surface area contributed by atoms with Crippen molar-refractivity contribution in [1.82, 2.24) is 0 Å². The van der Waals surface area contributed by atoms with Crippen molar-refractivity contribution >= 4 is 11.1 Å². The molecule has 0 aliphatic carbocycles. The predicted octanol–water partition coefficient (Wildman–Crippen LogP) is 1.52. The summed E-state index contributed by atoms with van der Waals surface area (Å²) in [4.78, 5) is 0.487. The molecular weight excluding hydrogens is 148 g/mol. The third kappa shape index (κ3) is 1.65. The topological polar surface area (TPSA) is 37.3 Å². The maximum absolute atomic E-state index is 10.5. The number of aryl methyl sites for hydroxylation is 1. The number of hydrogen-bond donors (Lipinski definition) is 1. The zero-order valence-corrected chi connectivity index (χ0v) is 6.51. The van der Waals surface area contributed by atoms with Crippen molar-refractivity contribution in [3.8, 4) is 0 Å². The molecule has 0 bridgehead atoms. The highest BCUT2D eigenvalue weighted by Gasteiger charge is 2.02. The van der Waals surface area contributed by atoms with E-state index < -0.39 is 11.1 Å². The van der Waals surface area contributed by atoms with Gasteiger partial charge in [0.2, 0.25) is 11.1 Å². The second-order valence-corrected chi connectivity index (χ2v) is 3.17. The molecule has 1 N–H and O–H groups in total. The summed E-state index contributed by atoms with van der Waals surface area (Å²) < 4.78 is 19.1. The SMILES string of the molecule is Cc1ccc([SH+](=O)O)cc1. The van der Waals surface area contributed by atoms with Crippen molar-refractivity contribution in [2.45, 2.75) is 11.8 Å². The van der Waals surface area contributed by atoms with Crippen molar-refractivity contribution in [3.63, 3.8) is 0 Å². The fourth-order valence-electron chi connectivity index (χ4n) is 0.672. The molecule has 0 spiro atoms. The first-order valence-electron chi connectivity index (χ1n) is 2.93. The van der Waals surface area contributed by atoms with Gasteiger partial charge in [-0.25, -0.2) is 0 Å². The van der Waals surface area contributed by atoms with Crippen LogP contribution in [0.1, 0.15) is 5.56 Å². The van der Waals surface area contributed by atoms with Gasteiger partial charge in [0.05, 0.1) is 0 Å². The molecule has 10 heavy (non-hydrogen) atoms. The van der Waals surface area contributed by atoms with Gasteiger partial charge >= 0.3 is 0 Å². The molecule has 0 aromatic heterocycles. The Morgan fingerprint density at radius 3 is 2.20 bits per heavy atom. The Bertz CT molecular complexity index is 240. The minimum Gasteiger partial charge on any atom is -0.184 e. The predicted molar refractivity (Wildman–Crippen MR) is 41.5 cm³/mol. The molecule has 0 fully saturated rings. The zero-order valence-electron chi connectivity index (χ0n) is 5.61. The Balaban J connectivity index is 3.00. The van der Waals surface area contributed by atoms with Crippen LogP contribution < -0.4 is 0 Å². The van der Waals surface area contributed by atoms with Crippen LogP contribution in [0.3, 0.4) is 0 Å². The van der Waals surface area contributed by atoms with E-state index in [-0.39, 0.29) is 0 Å². The molecule has 0 saturated heterocycles. The van der Waals surface area contributed by atoms with Crippen LogP contribution in [0.2, 0.25) is 0 Å². The molecule has 0 radical (unpaired) electrons. The van der Waals surface area contributed by atoms with Crippen molar-refractivity contribution in [2.75, 3.05) is 0 Å². The molecule has 3 heteroatoms. The van der Waals surface area contributed by atoms with E-state index in [1.807, 2.05) is 19.1 Å². The van der Waals surface area contributed by atoms with Gasteiger partial charge in [-0.2, -0.15) is 4.55 Å². The summed E-state index contributed by atoms with van der Waals surface area (Å²) in [6.45, 7) is 1.94. The molecule has 0 amide bonds. The fourth-order valence-corrected chi connectivity index (χ4v) is 1.08. The molecule has 54 valence electrons. The highest BCUT2D eigenvalue weighted by atomic mass is 32.2. The van der Waals surface area contributed by atoms with E-state index in [2.05, 4.69) is 0 Å². The lowest BCUT2D eigenvalue weighted by molar-refractivity contribution is 0.519. The van der Waals surface area contributed by atoms with Crippen molar-refractivity contribution < 1.29 is 8.76 Å². The van der Waals surface area contributed by atoms with E-state index in [1.54, 1.807) is 12.1 Å². The average Bonchev–Trinajstić information content (AvgIpc) is 1.88. The van der Waals surface area contributed by atoms with Crippen LogP contribution in [0.25, 0.3) is 0 Å². The smallest absolute Gasteiger partial charge is 0.184 e. The number of hydrogen-bond acceptors (Lipinski definition) is 1. The largest absolute Gasteiger partial charge is 0.235 e. The Hall–Kier alpha value is -0.670. The van der Waals surface area contributed by atoms with E-state index in [9.17, 15) is 4.21 Å². The van der Waals surface area contributed by atoms with E-state index in [0.29, 0.717) is 4.90 Å². The summed E-state index contributed by atoms with van der Waals surface area (Å²) in [5.41, 5.74) is 1.10. The maximum Gasteiger partial charge on any atom is 0.235 e. The molecule has 2 nitrogen and oxygen atoms in total. The third-order valence-corrected chi connectivity index (χ3v) is 1.99. The van der Waals surface area contributed by atoms with Crippen LogP contribution in [0.4, 0.5) is 0 Å². The van der Waals surface area contributed by atoms with Gasteiger partial charge in [0.1, 0.15) is 0 Å². The summed E-state index contributed by atoms with van der Waals surface area (Å²) in [5, 5.41) is 0. The Labute approximate surface area is 62.2 Å². The van der Waals surface area contributed by atoms with E-state index in [0.717, 1.165) is 5.56 Å². The lowest BCUT2D eigenvalue weighted by atomic mass is 10.2. The van der Waals surface area contributed by atoms with Crippen LogP contribution in [0, 0.1) is 6.92 Å². The molecule has 1 aromatic carbocycles. The first kappa shape index (κ1) is 7.44. The van der Waals surface area contributed by atoms with Gasteiger partial charge in [-0.15, -0.1) is 0 Å². The third-order valence-electron chi connectivity index (χ3n) is 1.25. The Kier molecular flexibility index (Phi) is 2.19. The number of thiol groups is 1. The average molecular weight is 157 g/mol. The van der Waals surface area contributed by atoms with Crippen LogP contribution in [-0.2, 0) is 15.3 Å². The van der Waals surface area contributed by atoms with Gasteiger partial charge < -0.3 is 0 Å². The highest BCUT2D eigenvalue weighted by molar-refractivity contribution is 7.79. The van der Waals surface area contributed by atoms with Gasteiger partial charge in [-0.05, 0) is 19.1 Å². The first-order chi connectivity index (χ1) is 4.70. The van der Waals surface area contributed by atoms with E-state index in [4.69, 9.17) is 4.55 Å². The summed E-state index contributed by atoms with van der Waals surface area (Å²) in [6.07, 6.45) is 0. The summed E-state index contributed by atoms with van der Waals surface area (Å²) in [7, 11) is 0. The number of rotatable bonds is 1. The minimum atomic E-state index is -2.16. The van der Waals surface area contributed by atoms with Crippen molar-refractivity contribution in [3.05, 3.63) is 29.8 Å². The fraction of sp³-hybridized carbons (Fsp3) is 0.143. The van der Waals surface area contributed by atoms with Crippen LogP contribution in [0.15, 0.2) is 29.2 Å². The Morgan fingerprint density at radius 2 is 1.80 bits per heavy atom. The monoisotopic (exact) mass is 157 g/mol.